The summed E-state index contributed by atoms with van der Waals surface area (Å²) in [4.78, 5) is 69.8. The largest absolute Gasteiger partial charge is 0.481 e. The van der Waals surface area contributed by atoms with Crippen LogP contribution < -0.4 is 21.7 Å². The van der Waals surface area contributed by atoms with Crippen molar-refractivity contribution in [3.8, 4) is 0 Å². The second-order valence-electron chi connectivity index (χ2n) is 6.77. The first-order valence-electron chi connectivity index (χ1n) is 9.30. The van der Waals surface area contributed by atoms with Gasteiger partial charge in [-0.3, -0.25) is 24.0 Å². The average Bonchev–Trinajstić information content (AvgIpc) is 2.66. The van der Waals surface area contributed by atoms with Crippen LogP contribution in [-0.4, -0.2) is 98.3 Å². The Morgan fingerprint density at radius 3 is 1.81 bits per heavy atom. The van der Waals surface area contributed by atoms with E-state index in [-0.39, 0.29) is 6.42 Å². The zero-order valence-corrected chi connectivity index (χ0v) is 18.3. The van der Waals surface area contributed by atoms with Gasteiger partial charge in [-0.25, -0.2) is 4.79 Å². The van der Waals surface area contributed by atoms with Gasteiger partial charge < -0.3 is 42.1 Å². The standard InChI is InChI=1S/C17H28N4O10S/c1-7(22)13(21-14(27)8(18)5-11(23)24)16(29)19-9(3-4-32-2)15(28)20-10(17(30)31)6-12(25)26/h7-10,13,22H,3-6,18H2,1-2H3,(H,19,29)(H,20,28)(H,21,27)(H,23,24)(H,25,26)(H,30,31). The van der Waals surface area contributed by atoms with Crippen LogP contribution >= 0.6 is 11.8 Å². The molecule has 0 saturated carbocycles. The second-order valence-corrected chi connectivity index (χ2v) is 7.76. The summed E-state index contributed by atoms with van der Waals surface area (Å²) in [5, 5.41) is 42.8. The molecule has 0 aromatic carbocycles. The fraction of sp³-hybridized carbons (Fsp3) is 0.647. The molecule has 0 aliphatic rings. The average molecular weight is 480 g/mol. The zero-order chi connectivity index (χ0) is 25.0. The summed E-state index contributed by atoms with van der Waals surface area (Å²) in [6.45, 7) is 1.16. The number of carbonyl (C=O) groups excluding carboxylic acids is 3. The third-order valence-corrected chi connectivity index (χ3v) is 4.67. The van der Waals surface area contributed by atoms with E-state index < -0.39 is 78.7 Å². The number of carboxylic acids is 3. The number of carbonyl (C=O) groups is 6. The summed E-state index contributed by atoms with van der Waals surface area (Å²) in [6, 6.07) is -6.14. The quantitative estimate of drug-likeness (QED) is 0.116. The van der Waals surface area contributed by atoms with Crippen molar-refractivity contribution in [2.24, 2.45) is 5.73 Å². The van der Waals surface area contributed by atoms with E-state index in [4.69, 9.17) is 21.1 Å². The van der Waals surface area contributed by atoms with Gasteiger partial charge in [0.2, 0.25) is 17.7 Å². The van der Waals surface area contributed by atoms with Crippen molar-refractivity contribution in [3.05, 3.63) is 0 Å². The molecule has 0 radical (unpaired) electrons. The van der Waals surface area contributed by atoms with E-state index in [1.54, 1.807) is 6.26 Å². The van der Waals surface area contributed by atoms with Crippen molar-refractivity contribution < 1.29 is 49.2 Å². The van der Waals surface area contributed by atoms with Crippen LogP contribution in [0.4, 0.5) is 0 Å². The molecule has 0 rings (SSSR count). The van der Waals surface area contributed by atoms with Crippen LogP contribution in [0.1, 0.15) is 26.2 Å². The van der Waals surface area contributed by atoms with Gasteiger partial charge in [-0.1, -0.05) is 0 Å². The molecule has 0 saturated heterocycles. The Hall–Kier alpha value is -2.91. The minimum Gasteiger partial charge on any atom is -0.481 e. The van der Waals surface area contributed by atoms with Gasteiger partial charge in [0.05, 0.1) is 25.0 Å². The summed E-state index contributed by atoms with van der Waals surface area (Å²) in [5.41, 5.74) is 5.43. The fourth-order valence-electron chi connectivity index (χ4n) is 2.36. The first-order valence-corrected chi connectivity index (χ1v) is 10.7. The second kappa shape index (κ2) is 14.2. The van der Waals surface area contributed by atoms with E-state index in [0.29, 0.717) is 5.75 Å². The smallest absolute Gasteiger partial charge is 0.326 e. The molecule has 15 heteroatoms. The molecular weight excluding hydrogens is 452 g/mol. The number of hydrogen-bond donors (Lipinski definition) is 8. The van der Waals surface area contributed by atoms with Crippen LogP contribution in [0.5, 0.6) is 0 Å². The molecule has 32 heavy (non-hydrogen) atoms. The number of carboxylic acid groups (broad SMARTS) is 3. The van der Waals surface area contributed by atoms with Gasteiger partial charge in [0.1, 0.15) is 18.1 Å². The van der Waals surface area contributed by atoms with Crippen LogP contribution in [0.2, 0.25) is 0 Å². The van der Waals surface area contributed by atoms with E-state index in [0.717, 1.165) is 6.92 Å². The van der Waals surface area contributed by atoms with Crippen molar-refractivity contribution in [3.63, 3.8) is 0 Å². The van der Waals surface area contributed by atoms with Gasteiger partial charge in [-0.15, -0.1) is 0 Å². The van der Waals surface area contributed by atoms with Crippen LogP contribution in [0.3, 0.4) is 0 Å². The number of aliphatic hydroxyl groups excluding tert-OH is 1. The number of aliphatic hydroxyl groups is 1. The molecule has 0 aromatic heterocycles. The molecule has 0 aliphatic carbocycles. The van der Waals surface area contributed by atoms with Crippen molar-refractivity contribution >= 4 is 47.4 Å². The summed E-state index contributed by atoms with van der Waals surface area (Å²) in [6.07, 6.45) is -1.34. The van der Waals surface area contributed by atoms with Gasteiger partial charge in [-0.05, 0) is 25.4 Å². The Balaban J connectivity index is 5.41. The predicted molar refractivity (Wildman–Crippen MR) is 111 cm³/mol. The Kier molecular flexibility index (Phi) is 12.9. The monoisotopic (exact) mass is 480 g/mol. The van der Waals surface area contributed by atoms with E-state index >= 15 is 0 Å². The lowest BCUT2D eigenvalue weighted by atomic mass is 10.1. The minimum absolute atomic E-state index is 0.0250. The van der Waals surface area contributed by atoms with E-state index in [9.17, 15) is 33.9 Å². The predicted octanol–water partition coefficient (Wildman–Crippen LogP) is -3.06. The normalized spacial score (nSPS) is 15.4. The molecule has 0 aromatic rings. The maximum absolute atomic E-state index is 12.6. The molecule has 9 N–H and O–H groups in total. The van der Waals surface area contributed by atoms with Crippen LogP contribution in [-0.2, 0) is 28.8 Å². The molecule has 182 valence electrons. The van der Waals surface area contributed by atoms with E-state index in [1.807, 2.05) is 5.32 Å². The highest BCUT2D eigenvalue weighted by molar-refractivity contribution is 7.98. The Labute approximate surface area is 187 Å². The third-order valence-electron chi connectivity index (χ3n) is 4.03. The number of nitrogens with two attached hydrogens (primary N) is 1. The highest BCUT2D eigenvalue weighted by Crippen LogP contribution is 2.05. The number of hydrogen-bond acceptors (Lipinski definition) is 9. The molecule has 3 amide bonds. The SMILES string of the molecule is CSCCC(NC(=O)C(NC(=O)C(N)CC(=O)O)C(C)O)C(=O)NC(CC(=O)O)C(=O)O. The van der Waals surface area contributed by atoms with Crippen molar-refractivity contribution in [2.45, 2.75) is 56.5 Å². The van der Waals surface area contributed by atoms with Gasteiger partial charge in [-0.2, -0.15) is 11.8 Å². The molecule has 5 unspecified atom stereocenters. The topological polar surface area (TPSA) is 245 Å². The maximum atomic E-state index is 12.6. The summed E-state index contributed by atoms with van der Waals surface area (Å²) in [7, 11) is 0. The van der Waals surface area contributed by atoms with Gasteiger partial charge in [0.25, 0.3) is 0 Å². The maximum Gasteiger partial charge on any atom is 0.326 e. The van der Waals surface area contributed by atoms with Crippen LogP contribution in [0.25, 0.3) is 0 Å². The first-order chi connectivity index (χ1) is 14.8. The Morgan fingerprint density at radius 1 is 0.844 bits per heavy atom. The van der Waals surface area contributed by atoms with Crippen LogP contribution in [0, 0.1) is 0 Å². The Morgan fingerprint density at radius 2 is 1.38 bits per heavy atom. The molecular formula is C17H28N4O10S. The van der Waals surface area contributed by atoms with E-state index in [1.165, 1.54) is 11.8 Å². The summed E-state index contributed by atoms with van der Waals surface area (Å²) >= 11 is 1.31. The summed E-state index contributed by atoms with van der Waals surface area (Å²) in [5.74, 6) is -7.06. The Bertz CT molecular complexity index is 717. The summed E-state index contributed by atoms with van der Waals surface area (Å²) < 4.78 is 0. The van der Waals surface area contributed by atoms with Gasteiger partial charge >= 0.3 is 17.9 Å². The lowest BCUT2D eigenvalue weighted by molar-refractivity contribution is -0.147. The minimum atomic E-state index is -1.74. The fourth-order valence-corrected chi connectivity index (χ4v) is 2.83. The number of rotatable bonds is 15. The number of nitrogens with one attached hydrogen (secondary N) is 3. The van der Waals surface area contributed by atoms with Crippen molar-refractivity contribution in [1.82, 2.24) is 16.0 Å². The van der Waals surface area contributed by atoms with E-state index in [2.05, 4.69) is 10.6 Å². The number of thioether (sulfide) groups is 1. The number of aliphatic carboxylic acids is 3. The molecule has 0 spiro atoms. The lowest BCUT2D eigenvalue weighted by Gasteiger charge is -2.26. The molecule has 0 fully saturated rings. The lowest BCUT2D eigenvalue weighted by Crippen LogP contribution is -2.60. The molecule has 0 aliphatic heterocycles. The highest BCUT2D eigenvalue weighted by atomic mass is 32.2. The van der Waals surface area contributed by atoms with Crippen molar-refractivity contribution in [1.29, 1.82) is 0 Å². The zero-order valence-electron chi connectivity index (χ0n) is 17.4. The first kappa shape index (κ1) is 29.1. The molecule has 14 nitrogen and oxygen atoms in total. The molecule has 0 heterocycles. The third kappa shape index (κ3) is 10.9. The molecule has 0 bridgehead atoms. The van der Waals surface area contributed by atoms with Gasteiger partial charge in [0.15, 0.2) is 0 Å². The molecule has 5 atom stereocenters. The highest BCUT2D eigenvalue weighted by Gasteiger charge is 2.33. The van der Waals surface area contributed by atoms with Crippen LogP contribution in [0.15, 0.2) is 0 Å². The number of amides is 3. The van der Waals surface area contributed by atoms with Crippen molar-refractivity contribution in [2.75, 3.05) is 12.0 Å². The van der Waals surface area contributed by atoms with Gasteiger partial charge in [0, 0.05) is 0 Å².